The summed E-state index contributed by atoms with van der Waals surface area (Å²) in [7, 11) is -3.55. The predicted octanol–water partition coefficient (Wildman–Crippen LogP) is 0.986. The maximum atomic E-state index is 12.8. The van der Waals surface area contributed by atoms with Gasteiger partial charge in [-0.15, -0.1) is 11.3 Å². The van der Waals surface area contributed by atoms with Crippen molar-refractivity contribution in [2.24, 2.45) is 11.8 Å². The van der Waals surface area contributed by atoms with Crippen molar-refractivity contribution in [2.75, 3.05) is 17.5 Å². The molecule has 0 aliphatic carbocycles. The van der Waals surface area contributed by atoms with Gasteiger partial charge in [-0.05, 0) is 17.9 Å². The number of sulfonamides is 1. The zero-order valence-corrected chi connectivity index (χ0v) is 21.2. The van der Waals surface area contributed by atoms with Crippen LogP contribution in [0, 0.1) is 11.8 Å². The van der Waals surface area contributed by atoms with Crippen molar-refractivity contribution in [3.8, 4) is 0 Å². The number of hydrogen-bond acceptors (Lipinski definition) is 8. The molecule has 0 saturated heterocycles. The lowest BCUT2D eigenvalue weighted by molar-refractivity contribution is -0.131. The van der Waals surface area contributed by atoms with Gasteiger partial charge in [-0.3, -0.25) is 14.3 Å². The Morgan fingerprint density at radius 3 is 2.32 bits per heavy atom. The van der Waals surface area contributed by atoms with Crippen molar-refractivity contribution in [3.63, 3.8) is 0 Å². The summed E-state index contributed by atoms with van der Waals surface area (Å²) >= 11 is 0.940. The normalized spacial score (nSPS) is 15.3. The van der Waals surface area contributed by atoms with E-state index in [0.717, 1.165) is 23.2 Å². The van der Waals surface area contributed by atoms with E-state index in [-0.39, 0.29) is 23.2 Å². The molecule has 5 N–H and O–H groups in total. The summed E-state index contributed by atoms with van der Waals surface area (Å²) in [5, 5.41) is 28.5. The van der Waals surface area contributed by atoms with Crippen LogP contribution in [0.15, 0.2) is 35.7 Å². The summed E-state index contributed by atoms with van der Waals surface area (Å²) in [4.78, 5) is 29.2. The van der Waals surface area contributed by atoms with Gasteiger partial charge in [0, 0.05) is 11.9 Å². The second-order valence-electron chi connectivity index (χ2n) is 8.59. The van der Waals surface area contributed by atoms with E-state index in [1.807, 2.05) is 44.2 Å². The first-order valence-corrected chi connectivity index (χ1v) is 13.6. The molecule has 1 aromatic carbocycles. The first-order valence-electron chi connectivity index (χ1n) is 10.8. The molecule has 0 spiro atoms. The van der Waals surface area contributed by atoms with Gasteiger partial charge in [-0.1, -0.05) is 51.1 Å². The van der Waals surface area contributed by atoms with Crippen LogP contribution in [0.4, 0.5) is 5.13 Å². The number of thiazole rings is 1. The second kappa shape index (κ2) is 12.2. The monoisotopic (exact) mass is 512 g/mol. The molecule has 2 aromatic rings. The molecule has 10 nitrogen and oxygen atoms in total. The predicted molar refractivity (Wildman–Crippen MR) is 131 cm³/mol. The number of amides is 2. The minimum absolute atomic E-state index is 0.0308. The number of nitrogens with zero attached hydrogens (tertiary/aromatic N) is 1. The molecule has 0 radical (unpaired) electrons. The number of hydrogen-bond donors (Lipinski definition) is 5. The fraction of sp³-hybridized carbons (Fsp3) is 0.500. The van der Waals surface area contributed by atoms with Crippen LogP contribution in [-0.2, 0) is 21.2 Å². The summed E-state index contributed by atoms with van der Waals surface area (Å²) in [5.74, 6) is -1.75. The summed E-state index contributed by atoms with van der Waals surface area (Å²) in [5.41, 5.74) is 0.757. The number of aromatic nitrogens is 1. The standard InChI is InChI=1S/C22H32N4O6S2/c1-13(2)11-23-20(29)14(3)18(27)19(28)16(10-15-8-6-5-7-9-15)24-21(30)17-12-33-22(25-17)26-34(4,31)32/h5-9,12-14,16,18-19,27-28H,10-11H2,1-4H3,(H,23,29)(H,24,30)(H,25,26). The lowest BCUT2D eigenvalue weighted by Gasteiger charge is -2.30. The zero-order chi connectivity index (χ0) is 25.5. The lowest BCUT2D eigenvalue weighted by Crippen LogP contribution is -2.53. The number of carbonyl (C=O) groups is 2. The van der Waals surface area contributed by atoms with Gasteiger partial charge in [0.25, 0.3) is 5.91 Å². The SMILES string of the molecule is CC(C)CNC(=O)C(C)C(O)C(O)C(Cc1ccccc1)NC(=O)c1csc(NS(C)(=O)=O)n1. The molecule has 4 atom stereocenters. The molecule has 4 unspecified atom stereocenters. The largest absolute Gasteiger partial charge is 0.390 e. The minimum Gasteiger partial charge on any atom is -0.390 e. The summed E-state index contributed by atoms with van der Waals surface area (Å²) in [6, 6.07) is 8.13. The summed E-state index contributed by atoms with van der Waals surface area (Å²) in [6.07, 6.45) is -1.75. The van der Waals surface area contributed by atoms with Gasteiger partial charge in [0.05, 0.1) is 24.3 Å². The highest BCUT2D eigenvalue weighted by Crippen LogP contribution is 2.19. The highest BCUT2D eigenvalue weighted by molar-refractivity contribution is 7.92. The summed E-state index contributed by atoms with van der Waals surface area (Å²) in [6.45, 7) is 5.83. The number of aliphatic hydroxyl groups is 2. The van der Waals surface area contributed by atoms with Gasteiger partial charge in [0.1, 0.15) is 11.8 Å². The van der Waals surface area contributed by atoms with Crippen LogP contribution in [-0.4, -0.2) is 66.5 Å². The van der Waals surface area contributed by atoms with Crippen LogP contribution in [0.5, 0.6) is 0 Å². The smallest absolute Gasteiger partial charge is 0.271 e. The van der Waals surface area contributed by atoms with Crippen LogP contribution in [0.2, 0.25) is 0 Å². The molecule has 2 rings (SSSR count). The van der Waals surface area contributed by atoms with Crippen molar-refractivity contribution in [1.82, 2.24) is 15.6 Å². The molecule has 0 aliphatic rings. The number of rotatable bonds is 12. The van der Waals surface area contributed by atoms with Gasteiger partial charge in [0.15, 0.2) is 5.13 Å². The molecule has 2 amide bonds. The lowest BCUT2D eigenvalue weighted by atomic mass is 9.90. The highest BCUT2D eigenvalue weighted by atomic mass is 32.2. The van der Waals surface area contributed by atoms with Crippen LogP contribution < -0.4 is 15.4 Å². The number of carbonyl (C=O) groups excluding carboxylic acids is 2. The molecular formula is C22H32N4O6S2. The average molecular weight is 513 g/mol. The Bertz CT molecular complexity index is 1060. The highest BCUT2D eigenvalue weighted by Gasteiger charge is 2.35. The molecule has 1 heterocycles. The topological polar surface area (TPSA) is 158 Å². The fourth-order valence-electron chi connectivity index (χ4n) is 3.11. The van der Waals surface area contributed by atoms with Crippen LogP contribution in [0.25, 0.3) is 0 Å². The van der Waals surface area contributed by atoms with Gasteiger partial charge >= 0.3 is 0 Å². The summed E-state index contributed by atoms with van der Waals surface area (Å²) < 4.78 is 25.0. The van der Waals surface area contributed by atoms with Crippen molar-refractivity contribution in [3.05, 3.63) is 47.0 Å². The number of nitrogens with one attached hydrogen (secondary N) is 3. The number of anilines is 1. The van der Waals surface area contributed by atoms with E-state index >= 15 is 0 Å². The van der Waals surface area contributed by atoms with Crippen LogP contribution in [0.3, 0.4) is 0 Å². The first kappa shape index (κ1) is 27.7. The van der Waals surface area contributed by atoms with Crippen molar-refractivity contribution < 1.29 is 28.2 Å². The van der Waals surface area contributed by atoms with E-state index in [2.05, 4.69) is 20.3 Å². The third kappa shape index (κ3) is 8.67. The molecule has 188 valence electrons. The van der Waals surface area contributed by atoms with E-state index in [0.29, 0.717) is 6.54 Å². The molecule has 1 aromatic heterocycles. The van der Waals surface area contributed by atoms with Crippen molar-refractivity contribution in [1.29, 1.82) is 0 Å². The maximum Gasteiger partial charge on any atom is 0.271 e. The molecule has 0 aliphatic heterocycles. The fourth-order valence-corrected chi connectivity index (χ4v) is 4.65. The second-order valence-corrected chi connectivity index (χ2v) is 11.2. The Labute approximate surface area is 203 Å². The third-order valence-corrected chi connectivity index (χ3v) is 6.45. The number of benzene rings is 1. The Hall–Kier alpha value is -2.54. The molecule has 0 bridgehead atoms. The van der Waals surface area contributed by atoms with Gasteiger partial charge in [-0.25, -0.2) is 13.4 Å². The van der Waals surface area contributed by atoms with E-state index in [1.54, 1.807) is 0 Å². The van der Waals surface area contributed by atoms with E-state index < -0.39 is 46.0 Å². The van der Waals surface area contributed by atoms with Gasteiger partial charge in [0.2, 0.25) is 15.9 Å². The Balaban J connectivity index is 2.18. The van der Waals surface area contributed by atoms with Gasteiger partial charge < -0.3 is 20.8 Å². The zero-order valence-electron chi connectivity index (χ0n) is 19.6. The average Bonchev–Trinajstić information content (AvgIpc) is 3.23. The first-order chi connectivity index (χ1) is 15.9. The van der Waals surface area contributed by atoms with E-state index in [1.165, 1.54) is 12.3 Å². The van der Waals surface area contributed by atoms with Crippen molar-refractivity contribution >= 4 is 38.3 Å². The third-order valence-electron chi connectivity index (χ3n) is 5.00. The minimum atomic E-state index is -3.55. The Kier molecular flexibility index (Phi) is 9.98. The number of aliphatic hydroxyl groups excluding tert-OH is 2. The van der Waals surface area contributed by atoms with Gasteiger partial charge in [-0.2, -0.15) is 0 Å². The molecular weight excluding hydrogens is 480 g/mol. The van der Waals surface area contributed by atoms with Crippen molar-refractivity contribution in [2.45, 2.75) is 45.4 Å². The molecule has 12 heteroatoms. The van der Waals surface area contributed by atoms with E-state index in [4.69, 9.17) is 0 Å². The van der Waals surface area contributed by atoms with E-state index in [9.17, 15) is 28.2 Å². The molecule has 34 heavy (non-hydrogen) atoms. The quantitative estimate of drug-likeness (QED) is 0.284. The Morgan fingerprint density at radius 1 is 1.09 bits per heavy atom. The Morgan fingerprint density at radius 2 is 1.74 bits per heavy atom. The molecule has 0 saturated carbocycles. The maximum absolute atomic E-state index is 12.8. The van der Waals surface area contributed by atoms with Crippen LogP contribution in [0.1, 0.15) is 36.8 Å². The van der Waals surface area contributed by atoms with Crippen LogP contribution >= 0.6 is 11.3 Å². The molecule has 0 fully saturated rings.